The van der Waals surface area contributed by atoms with E-state index in [0.29, 0.717) is 0 Å². The zero-order valence-corrected chi connectivity index (χ0v) is 20.4. The van der Waals surface area contributed by atoms with E-state index in [0.717, 1.165) is 55.3 Å². The van der Waals surface area contributed by atoms with Crippen LogP contribution in [-0.4, -0.2) is 5.97 Å². The second-order valence-electron chi connectivity index (χ2n) is 10.9. The fraction of sp³-hybridized carbons (Fsp3) is 0.750. The van der Waals surface area contributed by atoms with Gasteiger partial charge < -0.3 is 4.74 Å². The zero-order valence-electron chi connectivity index (χ0n) is 19.7. The summed E-state index contributed by atoms with van der Waals surface area (Å²) in [5, 5.41) is 0.0463. The molecule has 0 heterocycles. The number of halogens is 2. The summed E-state index contributed by atoms with van der Waals surface area (Å²) >= 11 is 5.72. The lowest BCUT2D eigenvalue weighted by Gasteiger charge is -2.45. The van der Waals surface area contributed by atoms with E-state index in [1.807, 2.05) is 0 Å². The van der Waals surface area contributed by atoms with Crippen LogP contribution in [0.15, 0.2) is 18.2 Å². The Kier molecular flexibility index (Phi) is 8.54. The lowest BCUT2D eigenvalue weighted by atomic mass is 9.60. The minimum atomic E-state index is -0.550. The van der Waals surface area contributed by atoms with E-state index in [4.69, 9.17) is 16.3 Å². The van der Waals surface area contributed by atoms with Gasteiger partial charge in [0.15, 0.2) is 0 Å². The van der Waals surface area contributed by atoms with E-state index in [1.165, 1.54) is 76.3 Å². The standard InChI is InChI=1S/C28H40ClFO2/c1-2-3-4-5-19-6-7-24-17-23(13-12-22(24)16-19)20-8-10-21(11-9-20)28(31)32-25-14-15-26(29)27(30)18-25/h14-15,18-24H,2-13,16-17H2,1H3. The first kappa shape index (κ1) is 24.0. The van der Waals surface area contributed by atoms with Crippen molar-refractivity contribution in [1.82, 2.24) is 0 Å². The fourth-order valence-corrected chi connectivity index (χ4v) is 7.08. The number of hydrogen-bond donors (Lipinski definition) is 0. The Morgan fingerprint density at radius 2 is 1.59 bits per heavy atom. The molecule has 3 fully saturated rings. The van der Waals surface area contributed by atoms with Crippen molar-refractivity contribution in [3.05, 3.63) is 29.0 Å². The number of carbonyl (C=O) groups excluding carboxylic acids is 1. The summed E-state index contributed by atoms with van der Waals surface area (Å²) in [6.07, 6.45) is 18.4. The molecule has 178 valence electrons. The topological polar surface area (TPSA) is 26.3 Å². The predicted molar refractivity (Wildman–Crippen MR) is 128 cm³/mol. The first-order valence-corrected chi connectivity index (χ1v) is 13.6. The van der Waals surface area contributed by atoms with Gasteiger partial charge in [-0.25, -0.2) is 4.39 Å². The SMILES string of the molecule is CCCCCC1CCC2CC(C3CCC(C(=O)Oc4ccc(Cl)c(F)c4)CC3)CCC2C1. The van der Waals surface area contributed by atoms with Gasteiger partial charge in [0, 0.05) is 6.07 Å². The molecule has 3 aliphatic rings. The largest absolute Gasteiger partial charge is 0.426 e. The van der Waals surface area contributed by atoms with Gasteiger partial charge in [0.25, 0.3) is 0 Å². The maximum absolute atomic E-state index is 13.6. The van der Waals surface area contributed by atoms with Crippen LogP contribution in [0.2, 0.25) is 5.02 Å². The van der Waals surface area contributed by atoms with Gasteiger partial charge in [0.05, 0.1) is 10.9 Å². The molecule has 4 rings (SSSR count). The van der Waals surface area contributed by atoms with Crippen LogP contribution in [0.3, 0.4) is 0 Å². The summed E-state index contributed by atoms with van der Waals surface area (Å²) < 4.78 is 19.1. The van der Waals surface area contributed by atoms with Crippen LogP contribution in [-0.2, 0) is 4.79 Å². The highest BCUT2D eigenvalue weighted by Crippen LogP contribution is 2.49. The Morgan fingerprint density at radius 3 is 2.31 bits per heavy atom. The molecular formula is C28H40ClFO2. The first-order chi connectivity index (χ1) is 15.5. The fourth-order valence-electron chi connectivity index (χ4n) is 6.96. The van der Waals surface area contributed by atoms with Crippen LogP contribution >= 0.6 is 11.6 Å². The number of hydrogen-bond acceptors (Lipinski definition) is 2. The third kappa shape index (κ3) is 6.07. The second kappa shape index (κ2) is 11.4. The summed E-state index contributed by atoms with van der Waals surface area (Å²) in [6, 6.07) is 4.19. The second-order valence-corrected chi connectivity index (χ2v) is 11.3. The Morgan fingerprint density at radius 1 is 0.938 bits per heavy atom. The van der Waals surface area contributed by atoms with Crippen LogP contribution in [0.1, 0.15) is 96.8 Å². The summed E-state index contributed by atoms with van der Waals surface area (Å²) in [5.41, 5.74) is 0. The van der Waals surface area contributed by atoms with Gasteiger partial charge in [-0.2, -0.15) is 0 Å². The smallest absolute Gasteiger partial charge is 0.314 e. The number of fused-ring (bicyclic) bond motifs is 1. The van der Waals surface area contributed by atoms with E-state index < -0.39 is 5.82 Å². The van der Waals surface area contributed by atoms with Crippen LogP contribution in [0, 0.1) is 41.3 Å². The van der Waals surface area contributed by atoms with Crippen molar-refractivity contribution in [2.75, 3.05) is 0 Å². The van der Waals surface area contributed by atoms with Gasteiger partial charge in [-0.1, -0.05) is 50.6 Å². The first-order valence-electron chi connectivity index (χ1n) is 13.2. The normalized spacial score (nSPS) is 32.8. The third-order valence-electron chi connectivity index (χ3n) is 8.86. The lowest BCUT2D eigenvalue weighted by Crippen LogP contribution is -2.35. The molecule has 2 nitrogen and oxygen atoms in total. The monoisotopic (exact) mass is 462 g/mol. The molecule has 0 N–H and O–H groups in total. The third-order valence-corrected chi connectivity index (χ3v) is 9.17. The zero-order chi connectivity index (χ0) is 22.5. The lowest BCUT2D eigenvalue weighted by molar-refractivity contribution is -0.140. The van der Waals surface area contributed by atoms with Crippen molar-refractivity contribution in [3.63, 3.8) is 0 Å². The Labute approximate surface area is 198 Å². The molecule has 4 unspecified atom stereocenters. The summed E-state index contributed by atoms with van der Waals surface area (Å²) in [7, 11) is 0. The Balaban J connectivity index is 1.20. The molecule has 0 amide bonds. The maximum atomic E-state index is 13.6. The van der Waals surface area contributed by atoms with Crippen LogP contribution in [0.5, 0.6) is 5.75 Å². The number of ether oxygens (including phenoxy) is 1. The number of rotatable bonds is 7. The molecule has 4 atom stereocenters. The van der Waals surface area contributed by atoms with Gasteiger partial charge in [0.2, 0.25) is 0 Å². The Bertz CT molecular complexity index is 758. The molecule has 0 bridgehead atoms. The molecule has 0 spiro atoms. The summed E-state index contributed by atoms with van der Waals surface area (Å²) in [4.78, 5) is 12.6. The number of benzene rings is 1. The molecule has 0 aromatic heterocycles. The van der Waals surface area contributed by atoms with Gasteiger partial charge in [0.1, 0.15) is 11.6 Å². The van der Waals surface area contributed by atoms with E-state index in [2.05, 4.69) is 6.92 Å². The molecule has 1 aromatic rings. The van der Waals surface area contributed by atoms with Gasteiger partial charge in [-0.05, 0) is 99.5 Å². The molecule has 4 heteroatoms. The quantitative estimate of drug-likeness (QED) is 0.230. The van der Waals surface area contributed by atoms with Gasteiger partial charge >= 0.3 is 5.97 Å². The van der Waals surface area contributed by atoms with Crippen molar-refractivity contribution in [2.24, 2.45) is 35.5 Å². The van der Waals surface area contributed by atoms with Crippen LogP contribution in [0.25, 0.3) is 0 Å². The number of carbonyl (C=O) groups is 1. The van der Waals surface area contributed by atoms with Crippen molar-refractivity contribution in [1.29, 1.82) is 0 Å². The molecule has 32 heavy (non-hydrogen) atoms. The minimum Gasteiger partial charge on any atom is -0.426 e. The maximum Gasteiger partial charge on any atom is 0.314 e. The van der Waals surface area contributed by atoms with Crippen molar-refractivity contribution in [2.45, 2.75) is 96.8 Å². The van der Waals surface area contributed by atoms with Crippen LogP contribution in [0.4, 0.5) is 4.39 Å². The number of unbranched alkanes of at least 4 members (excludes halogenated alkanes) is 2. The number of esters is 1. The van der Waals surface area contributed by atoms with Crippen molar-refractivity contribution < 1.29 is 13.9 Å². The van der Waals surface area contributed by atoms with E-state index in [-0.39, 0.29) is 22.7 Å². The average Bonchev–Trinajstić information content (AvgIpc) is 2.81. The summed E-state index contributed by atoms with van der Waals surface area (Å²) in [5.74, 6) is 4.00. The molecule has 1 aromatic carbocycles. The Hall–Kier alpha value is -1.09. The highest BCUT2D eigenvalue weighted by Gasteiger charge is 2.39. The summed E-state index contributed by atoms with van der Waals surface area (Å²) in [6.45, 7) is 2.30. The van der Waals surface area contributed by atoms with Crippen LogP contribution < -0.4 is 4.74 Å². The van der Waals surface area contributed by atoms with Gasteiger partial charge in [-0.15, -0.1) is 0 Å². The highest BCUT2D eigenvalue weighted by atomic mass is 35.5. The molecule has 0 radical (unpaired) electrons. The predicted octanol–water partition coefficient (Wildman–Crippen LogP) is 8.60. The average molecular weight is 463 g/mol. The molecule has 3 aliphatic carbocycles. The van der Waals surface area contributed by atoms with E-state index >= 15 is 0 Å². The minimum absolute atomic E-state index is 0.0463. The molecular weight excluding hydrogens is 423 g/mol. The van der Waals surface area contributed by atoms with E-state index in [1.54, 1.807) is 6.07 Å². The molecule has 3 saturated carbocycles. The van der Waals surface area contributed by atoms with Gasteiger partial charge in [-0.3, -0.25) is 4.79 Å². The molecule has 0 aliphatic heterocycles. The van der Waals surface area contributed by atoms with Crippen molar-refractivity contribution in [3.8, 4) is 5.75 Å². The highest BCUT2D eigenvalue weighted by molar-refractivity contribution is 6.30. The van der Waals surface area contributed by atoms with Crippen molar-refractivity contribution >= 4 is 17.6 Å². The molecule has 0 saturated heterocycles. The van der Waals surface area contributed by atoms with E-state index in [9.17, 15) is 9.18 Å².